The fourth-order valence-electron chi connectivity index (χ4n) is 2.29. The summed E-state index contributed by atoms with van der Waals surface area (Å²) in [6.45, 7) is 10.4. The third-order valence-electron chi connectivity index (χ3n) is 3.56. The molecule has 2 aromatic heterocycles. The number of pyridine rings is 1. The molecule has 3 aromatic rings. The lowest BCUT2D eigenvalue weighted by Gasteiger charge is -2.07. The van der Waals surface area contributed by atoms with E-state index < -0.39 is 0 Å². The molecule has 23 heavy (non-hydrogen) atoms. The number of aromatic nitrogens is 2. The Kier molecular flexibility index (Phi) is 5.72. The number of nitrogens with zero attached hydrogens (tertiary/aromatic N) is 2. The Morgan fingerprint density at radius 3 is 2.43 bits per heavy atom. The lowest BCUT2D eigenvalue weighted by Crippen LogP contribution is -1.91. The van der Waals surface area contributed by atoms with Crippen LogP contribution in [-0.4, -0.2) is 17.1 Å². The summed E-state index contributed by atoms with van der Waals surface area (Å²) < 4.78 is 5.29. The van der Waals surface area contributed by atoms with E-state index in [4.69, 9.17) is 14.7 Å². The zero-order chi connectivity index (χ0) is 17.0. The van der Waals surface area contributed by atoms with Gasteiger partial charge in [-0.05, 0) is 36.6 Å². The van der Waals surface area contributed by atoms with Crippen molar-refractivity contribution in [3.05, 3.63) is 40.9 Å². The third kappa shape index (κ3) is 3.70. The first-order valence-corrected chi connectivity index (χ1v) is 8.87. The molecule has 3 rings (SSSR count). The molecular formula is C19H24N2OS. The van der Waals surface area contributed by atoms with Crippen molar-refractivity contribution in [1.82, 2.24) is 9.97 Å². The highest BCUT2D eigenvalue weighted by molar-refractivity contribution is 7.13. The van der Waals surface area contributed by atoms with Crippen LogP contribution in [0.15, 0.2) is 29.6 Å². The molecule has 1 aromatic carbocycles. The molecule has 0 unspecified atom stereocenters. The summed E-state index contributed by atoms with van der Waals surface area (Å²) in [6.07, 6.45) is 0. The Morgan fingerprint density at radius 1 is 1.09 bits per heavy atom. The van der Waals surface area contributed by atoms with Gasteiger partial charge in [-0.3, -0.25) is 0 Å². The van der Waals surface area contributed by atoms with Crippen LogP contribution in [0.3, 0.4) is 0 Å². The Labute approximate surface area is 142 Å². The Bertz CT molecular complexity index is 793. The van der Waals surface area contributed by atoms with Crippen molar-refractivity contribution in [3.8, 4) is 16.5 Å². The molecule has 0 saturated heterocycles. The summed E-state index contributed by atoms with van der Waals surface area (Å²) in [5, 5.41) is 4.25. The molecule has 0 spiro atoms. The van der Waals surface area contributed by atoms with Gasteiger partial charge in [-0.1, -0.05) is 27.7 Å². The molecular weight excluding hydrogens is 304 g/mol. The average Bonchev–Trinajstić information content (AvgIpc) is 3.06. The van der Waals surface area contributed by atoms with Crippen LogP contribution in [-0.2, 0) is 0 Å². The highest BCUT2D eigenvalue weighted by Gasteiger charge is 2.11. The number of hydrogen-bond donors (Lipinski definition) is 0. The van der Waals surface area contributed by atoms with Crippen LogP contribution in [0.4, 0.5) is 0 Å². The Balaban J connectivity index is 0.000000924. The van der Waals surface area contributed by atoms with Crippen LogP contribution in [0, 0.1) is 6.92 Å². The van der Waals surface area contributed by atoms with Crippen molar-refractivity contribution in [3.63, 3.8) is 0 Å². The molecule has 0 amide bonds. The normalized spacial score (nSPS) is 10.6. The first-order valence-electron chi connectivity index (χ1n) is 7.99. The zero-order valence-electron chi connectivity index (χ0n) is 14.7. The molecule has 0 N–H and O–H groups in total. The number of methoxy groups -OCH3 is 1. The van der Waals surface area contributed by atoms with Gasteiger partial charge in [0.25, 0.3) is 0 Å². The van der Waals surface area contributed by atoms with E-state index in [1.165, 1.54) is 5.56 Å². The molecule has 0 aliphatic heterocycles. The minimum Gasteiger partial charge on any atom is -0.497 e. The molecule has 0 bridgehead atoms. The number of benzene rings is 1. The monoisotopic (exact) mass is 328 g/mol. The molecule has 122 valence electrons. The second kappa shape index (κ2) is 7.55. The Morgan fingerprint density at radius 2 is 1.83 bits per heavy atom. The molecule has 0 aliphatic rings. The lowest BCUT2D eigenvalue weighted by atomic mass is 10.1. The van der Waals surface area contributed by atoms with Gasteiger partial charge in [0.05, 0.1) is 24.0 Å². The topological polar surface area (TPSA) is 35.0 Å². The van der Waals surface area contributed by atoms with Gasteiger partial charge < -0.3 is 4.74 Å². The number of rotatable bonds is 3. The molecule has 0 saturated carbocycles. The highest BCUT2D eigenvalue weighted by Crippen LogP contribution is 2.30. The molecule has 0 atom stereocenters. The van der Waals surface area contributed by atoms with Crippen molar-refractivity contribution in [1.29, 1.82) is 0 Å². The summed E-state index contributed by atoms with van der Waals surface area (Å²) in [6, 6.07) is 8.11. The second-order valence-corrected chi connectivity index (χ2v) is 6.30. The predicted molar refractivity (Wildman–Crippen MR) is 99.6 cm³/mol. The smallest absolute Gasteiger partial charge is 0.142 e. The van der Waals surface area contributed by atoms with Crippen molar-refractivity contribution in [2.75, 3.05) is 7.11 Å². The van der Waals surface area contributed by atoms with Gasteiger partial charge in [0, 0.05) is 16.8 Å². The van der Waals surface area contributed by atoms with Crippen LogP contribution >= 0.6 is 11.3 Å². The average molecular weight is 328 g/mol. The largest absolute Gasteiger partial charge is 0.497 e. The molecule has 0 fully saturated rings. The summed E-state index contributed by atoms with van der Waals surface area (Å²) in [4.78, 5) is 9.45. The van der Waals surface area contributed by atoms with E-state index in [2.05, 4.69) is 38.3 Å². The van der Waals surface area contributed by atoms with Gasteiger partial charge in [0.15, 0.2) is 0 Å². The van der Waals surface area contributed by atoms with E-state index >= 15 is 0 Å². The van der Waals surface area contributed by atoms with Gasteiger partial charge in [0.1, 0.15) is 10.8 Å². The van der Waals surface area contributed by atoms with E-state index in [0.717, 1.165) is 33.0 Å². The van der Waals surface area contributed by atoms with Crippen molar-refractivity contribution < 1.29 is 4.74 Å². The van der Waals surface area contributed by atoms with Crippen molar-refractivity contribution in [2.24, 2.45) is 0 Å². The van der Waals surface area contributed by atoms with Gasteiger partial charge >= 0.3 is 0 Å². The fraction of sp³-hybridized carbons (Fsp3) is 0.368. The fourth-order valence-corrected chi connectivity index (χ4v) is 3.23. The first-order chi connectivity index (χ1) is 11.1. The number of fused-ring (bicyclic) bond motifs is 1. The van der Waals surface area contributed by atoms with E-state index in [0.29, 0.717) is 5.92 Å². The number of aryl methyl sites for hydroxylation is 1. The van der Waals surface area contributed by atoms with Gasteiger partial charge in [-0.2, -0.15) is 0 Å². The first kappa shape index (κ1) is 17.4. The third-order valence-corrected chi connectivity index (χ3v) is 4.44. The SMILES string of the molecule is CC.COc1ccc2c(C)cc(-c3nc(C(C)C)cs3)nc2c1. The van der Waals surface area contributed by atoms with Crippen LogP contribution < -0.4 is 4.74 Å². The second-order valence-electron chi connectivity index (χ2n) is 5.44. The molecule has 2 heterocycles. The summed E-state index contributed by atoms with van der Waals surface area (Å²) >= 11 is 1.65. The van der Waals surface area contributed by atoms with E-state index in [1.807, 2.05) is 26.0 Å². The molecule has 0 aliphatic carbocycles. The highest BCUT2D eigenvalue weighted by atomic mass is 32.1. The van der Waals surface area contributed by atoms with Crippen LogP contribution in [0.1, 0.15) is 44.9 Å². The van der Waals surface area contributed by atoms with Gasteiger partial charge in [-0.15, -0.1) is 11.3 Å². The lowest BCUT2D eigenvalue weighted by molar-refractivity contribution is 0.415. The maximum Gasteiger partial charge on any atom is 0.142 e. The maximum atomic E-state index is 5.29. The predicted octanol–water partition coefficient (Wildman–Crippen LogP) is 5.82. The van der Waals surface area contributed by atoms with E-state index in [-0.39, 0.29) is 0 Å². The molecule has 3 nitrogen and oxygen atoms in total. The minimum atomic E-state index is 0.441. The molecule has 0 radical (unpaired) electrons. The summed E-state index contributed by atoms with van der Waals surface area (Å²) in [5.74, 6) is 1.27. The maximum absolute atomic E-state index is 5.29. The summed E-state index contributed by atoms with van der Waals surface area (Å²) in [7, 11) is 1.67. The number of thiazole rings is 1. The minimum absolute atomic E-state index is 0.441. The van der Waals surface area contributed by atoms with E-state index in [1.54, 1.807) is 18.4 Å². The van der Waals surface area contributed by atoms with Gasteiger partial charge in [-0.25, -0.2) is 9.97 Å². The van der Waals surface area contributed by atoms with Crippen LogP contribution in [0.25, 0.3) is 21.6 Å². The number of hydrogen-bond acceptors (Lipinski definition) is 4. The van der Waals surface area contributed by atoms with Crippen molar-refractivity contribution >= 4 is 22.2 Å². The summed E-state index contributed by atoms with van der Waals surface area (Å²) in [5.41, 5.74) is 4.22. The molecule has 4 heteroatoms. The van der Waals surface area contributed by atoms with E-state index in [9.17, 15) is 0 Å². The van der Waals surface area contributed by atoms with Crippen LogP contribution in [0.5, 0.6) is 5.75 Å². The van der Waals surface area contributed by atoms with Gasteiger partial charge in [0.2, 0.25) is 0 Å². The van der Waals surface area contributed by atoms with Crippen molar-refractivity contribution in [2.45, 2.75) is 40.5 Å². The Hall–Kier alpha value is -1.94. The number of ether oxygens (including phenoxy) is 1. The van der Waals surface area contributed by atoms with Crippen LogP contribution in [0.2, 0.25) is 0 Å². The quantitative estimate of drug-likeness (QED) is 0.607. The standard InChI is InChI=1S/C17H18N2OS.C2H6/c1-10(2)16-9-21-17(19-16)15-7-11(3)13-6-5-12(20-4)8-14(13)18-15;1-2/h5-10H,1-4H3;1-2H3. The zero-order valence-corrected chi connectivity index (χ0v) is 15.5.